The van der Waals surface area contributed by atoms with Crippen LogP contribution in [0.15, 0.2) is 59.8 Å². The minimum Gasteiger partial charge on any atom is -0.303 e. The molecule has 162 valence electrons. The maximum atomic E-state index is 14.4. The van der Waals surface area contributed by atoms with Crippen molar-refractivity contribution in [1.82, 2.24) is 4.98 Å². The average molecular weight is 453 g/mol. The molecule has 0 spiro atoms. The van der Waals surface area contributed by atoms with Crippen LogP contribution < -0.4 is 4.90 Å². The van der Waals surface area contributed by atoms with E-state index in [-0.39, 0.29) is 24.0 Å². The Morgan fingerprint density at radius 3 is 2.78 bits per heavy atom. The molecule has 3 aromatic rings. The molecule has 8 nitrogen and oxygen atoms in total. The molecule has 0 aliphatic carbocycles. The van der Waals surface area contributed by atoms with Crippen molar-refractivity contribution in [2.75, 3.05) is 10.7 Å². The molecule has 1 aliphatic rings. The van der Waals surface area contributed by atoms with Crippen molar-refractivity contribution < 1.29 is 23.1 Å². The predicted octanol–water partition coefficient (Wildman–Crippen LogP) is 3.45. The zero-order valence-electron chi connectivity index (χ0n) is 16.6. The van der Waals surface area contributed by atoms with Crippen molar-refractivity contribution in [3.05, 3.63) is 93.0 Å². The van der Waals surface area contributed by atoms with Crippen LogP contribution in [0, 0.1) is 15.9 Å². The van der Waals surface area contributed by atoms with Gasteiger partial charge in [0.15, 0.2) is 6.29 Å². The second-order valence-electron chi connectivity index (χ2n) is 7.08. The van der Waals surface area contributed by atoms with Crippen LogP contribution in [0.2, 0.25) is 0 Å². The van der Waals surface area contributed by atoms with Gasteiger partial charge in [0, 0.05) is 24.2 Å². The third kappa shape index (κ3) is 3.92. The van der Waals surface area contributed by atoms with E-state index in [0.29, 0.717) is 22.8 Å². The fraction of sp³-hybridized carbons (Fsp3) is 0.136. The standard InChI is InChI=1S/C22H16FN3O5S/c23-18-9-14(10-20(26(29)30)17(18)13-27)12-25(22(28)16-4-2-7-24-11-16)19-5-1-3-15-6-8-32(31)21(15)19/h1-5,7,9-11,13H,6,8,12H2. The van der Waals surface area contributed by atoms with Crippen LogP contribution in [0.1, 0.15) is 31.8 Å². The van der Waals surface area contributed by atoms with Crippen molar-refractivity contribution >= 4 is 34.4 Å². The number of aromatic nitrogens is 1. The molecule has 0 bridgehead atoms. The number of aldehydes is 1. The van der Waals surface area contributed by atoms with Gasteiger partial charge in [-0.3, -0.25) is 28.9 Å². The summed E-state index contributed by atoms with van der Waals surface area (Å²) in [5.41, 5.74) is 0.232. The molecule has 0 radical (unpaired) electrons. The second kappa shape index (κ2) is 8.75. The molecule has 2 aromatic carbocycles. The molecule has 1 aliphatic heterocycles. The highest BCUT2D eigenvalue weighted by atomic mass is 32.2. The molecule has 0 N–H and O–H groups in total. The van der Waals surface area contributed by atoms with Crippen LogP contribution >= 0.6 is 0 Å². The number of hydrogen-bond donors (Lipinski definition) is 0. The maximum absolute atomic E-state index is 14.4. The summed E-state index contributed by atoms with van der Waals surface area (Å²) in [6.07, 6.45) is 3.56. The SMILES string of the molecule is O=Cc1c(F)cc(CN(C(=O)c2cccnc2)c2cccc3c2S(=O)CC3)cc1[N+](=O)[O-]. The number of amides is 1. The molecule has 1 aromatic heterocycles. The maximum Gasteiger partial charge on any atom is 0.283 e. The molecule has 10 heteroatoms. The Labute approximate surface area is 184 Å². The lowest BCUT2D eigenvalue weighted by molar-refractivity contribution is -0.385. The zero-order chi connectivity index (χ0) is 22.8. The molecule has 4 rings (SSSR count). The van der Waals surface area contributed by atoms with Gasteiger partial charge >= 0.3 is 0 Å². The van der Waals surface area contributed by atoms with Crippen molar-refractivity contribution in [2.24, 2.45) is 0 Å². The number of nitro benzene ring substituents is 1. The molecule has 1 atom stereocenters. The van der Waals surface area contributed by atoms with Gasteiger partial charge in [-0.25, -0.2) is 4.39 Å². The van der Waals surface area contributed by atoms with Crippen LogP contribution in [-0.2, 0) is 23.8 Å². The minimum absolute atomic E-state index is 0.0863. The normalized spacial score (nSPS) is 14.6. The predicted molar refractivity (Wildman–Crippen MR) is 115 cm³/mol. The highest BCUT2D eigenvalue weighted by molar-refractivity contribution is 7.85. The summed E-state index contributed by atoms with van der Waals surface area (Å²) >= 11 is 0. The van der Waals surface area contributed by atoms with Gasteiger partial charge in [-0.1, -0.05) is 12.1 Å². The van der Waals surface area contributed by atoms with Crippen LogP contribution in [0.3, 0.4) is 0 Å². The third-order valence-corrected chi connectivity index (χ3v) is 6.63. The number of fused-ring (bicyclic) bond motifs is 1. The average Bonchev–Trinajstić information content (AvgIpc) is 3.18. The van der Waals surface area contributed by atoms with Crippen molar-refractivity contribution in [3.8, 4) is 0 Å². The Balaban J connectivity index is 1.85. The lowest BCUT2D eigenvalue weighted by atomic mass is 10.1. The molecule has 0 saturated carbocycles. The second-order valence-corrected chi connectivity index (χ2v) is 8.59. The van der Waals surface area contributed by atoms with Gasteiger partial charge in [-0.05, 0) is 41.8 Å². The highest BCUT2D eigenvalue weighted by Crippen LogP contribution is 2.35. The van der Waals surface area contributed by atoms with Gasteiger partial charge in [-0.15, -0.1) is 0 Å². The van der Waals surface area contributed by atoms with Gasteiger partial charge in [0.05, 0.1) is 38.4 Å². The number of hydrogen-bond acceptors (Lipinski definition) is 6. The number of halogens is 1. The van der Waals surface area contributed by atoms with E-state index in [2.05, 4.69) is 4.98 Å². The van der Waals surface area contributed by atoms with E-state index in [1.54, 1.807) is 24.3 Å². The number of rotatable bonds is 6. The summed E-state index contributed by atoms with van der Waals surface area (Å²) < 4.78 is 27.1. The monoisotopic (exact) mass is 453 g/mol. The molecule has 1 unspecified atom stereocenters. The summed E-state index contributed by atoms with van der Waals surface area (Å²) in [5.74, 6) is -1.12. The minimum atomic E-state index is -1.32. The number of carbonyl (C=O) groups excluding carboxylic acids is 2. The van der Waals surface area contributed by atoms with E-state index in [4.69, 9.17) is 0 Å². The Morgan fingerprint density at radius 2 is 2.09 bits per heavy atom. The van der Waals surface area contributed by atoms with Crippen LogP contribution in [-0.4, -0.2) is 32.1 Å². The number of pyridine rings is 1. The molecular formula is C22H16FN3O5S. The van der Waals surface area contributed by atoms with E-state index in [1.807, 2.05) is 6.07 Å². The van der Waals surface area contributed by atoms with Gasteiger partial charge in [-0.2, -0.15) is 0 Å². The zero-order valence-corrected chi connectivity index (χ0v) is 17.4. The van der Waals surface area contributed by atoms with E-state index in [0.717, 1.165) is 17.7 Å². The van der Waals surface area contributed by atoms with Gasteiger partial charge in [0.25, 0.3) is 11.6 Å². The molecule has 2 heterocycles. The van der Waals surface area contributed by atoms with Crippen LogP contribution in [0.4, 0.5) is 15.8 Å². The summed E-state index contributed by atoms with van der Waals surface area (Å²) in [4.78, 5) is 40.8. The first kappa shape index (κ1) is 21.4. The summed E-state index contributed by atoms with van der Waals surface area (Å²) in [6, 6.07) is 10.4. The number of aryl methyl sites for hydroxylation is 1. The first-order valence-corrected chi connectivity index (χ1v) is 10.9. The smallest absolute Gasteiger partial charge is 0.283 e. The molecule has 1 amide bonds. The van der Waals surface area contributed by atoms with E-state index in [9.17, 15) is 28.3 Å². The van der Waals surface area contributed by atoms with Crippen LogP contribution in [0.25, 0.3) is 0 Å². The first-order valence-electron chi connectivity index (χ1n) is 9.55. The lowest BCUT2D eigenvalue weighted by Gasteiger charge is -2.25. The van der Waals surface area contributed by atoms with Crippen molar-refractivity contribution in [1.29, 1.82) is 0 Å². The topological polar surface area (TPSA) is 110 Å². The molecule has 32 heavy (non-hydrogen) atoms. The summed E-state index contributed by atoms with van der Waals surface area (Å²) in [7, 11) is -1.32. The third-order valence-electron chi connectivity index (χ3n) is 5.13. The van der Waals surface area contributed by atoms with Crippen molar-refractivity contribution in [3.63, 3.8) is 0 Å². The summed E-state index contributed by atoms with van der Waals surface area (Å²) in [6.45, 7) is -0.238. The Kier molecular flexibility index (Phi) is 5.87. The van der Waals surface area contributed by atoms with Gasteiger partial charge in [0.2, 0.25) is 0 Å². The van der Waals surface area contributed by atoms with E-state index < -0.39 is 38.7 Å². The number of nitro groups is 1. The fourth-order valence-corrected chi connectivity index (χ4v) is 5.14. The first-order chi connectivity index (χ1) is 15.4. The molecule has 0 fully saturated rings. The van der Waals surface area contributed by atoms with Crippen LogP contribution in [0.5, 0.6) is 0 Å². The largest absolute Gasteiger partial charge is 0.303 e. The number of nitrogens with zero attached hydrogens (tertiary/aromatic N) is 3. The molecular weight excluding hydrogens is 437 g/mol. The number of anilines is 1. The Bertz CT molecular complexity index is 1270. The van der Waals surface area contributed by atoms with E-state index in [1.165, 1.54) is 17.3 Å². The highest BCUT2D eigenvalue weighted by Gasteiger charge is 2.29. The number of benzene rings is 2. The van der Waals surface area contributed by atoms with E-state index >= 15 is 0 Å². The molecule has 0 saturated heterocycles. The van der Waals surface area contributed by atoms with Crippen molar-refractivity contribution in [2.45, 2.75) is 17.9 Å². The summed E-state index contributed by atoms with van der Waals surface area (Å²) in [5, 5.41) is 11.3. The Hall–Kier alpha value is -3.79. The lowest BCUT2D eigenvalue weighted by Crippen LogP contribution is -2.31. The Morgan fingerprint density at radius 1 is 1.28 bits per heavy atom. The quantitative estimate of drug-likeness (QED) is 0.321. The fourth-order valence-electron chi connectivity index (χ4n) is 3.66. The van der Waals surface area contributed by atoms with Gasteiger partial charge < -0.3 is 4.90 Å². The van der Waals surface area contributed by atoms with Gasteiger partial charge in [0.1, 0.15) is 11.4 Å². The number of carbonyl (C=O) groups is 2.